The first-order valence-corrected chi connectivity index (χ1v) is 9.91. The normalized spacial score (nSPS) is 28.6. The van der Waals surface area contributed by atoms with Crippen LogP contribution in [0.15, 0.2) is 36.4 Å². The van der Waals surface area contributed by atoms with Gasteiger partial charge in [0, 0.05) is 18.7 Å². The van der Waals surface area contributed by atoms with Crippen molar-refractivity contribution in [2.24, 2.45) is 23.7 Å². The number of allylic oxidation sites excluding steroid dienone is 2. The molecule has 1 aromatic carbocycles. The maximum Gasteiger partial charge on any atom is 0.253 e. The van der Waals surface area contributed by atoms with E-state index in [0.717, 1.165) is 25.9 Å². The van der Waals surface area contributed by atoms with Gasteiger partial charge in [0.15, 0.2) is 0 Å². The Morgan fingerprint density at radius 2 is 1.81 bits per heavy atom. The van der Waals surface area contributed by atoms with Gasteiger partial charge in [-0.05, 0) is 49.3 Å². The largest absolute Gasteiger partial charge is 0.339 e. The van der Waals surface area contributed by atoms with E-state index >= 15 is 0 Å². The minimum absolute atomic E-state index is 0.0182. The molecule has 3 aliphatic rings. The number of anilines is 1. The minimum Gasteiger partial charge on any atom is -0.339 e. The molecule has 0 N–H and O–H groups in total. The first kappa shape index (κ1) is 18.0. The van der Waals surface area contributed by atoms with Crippen LogP contribution in [0.25, 0.3) is 0 Å². The average molecular weight is 366 g/mol. The zero-order valence-electron chi connectivity index (χ0n) is 15.9. The number of imide groups is 1. The van der Waals surface area contributed by atoms with E-state index in [4.69, 9.17) is 0 Å². The van der Waals surface area contributed by atoms with Crippen molar-refractivity contribution in [3.05, 3.63) is 42.0 Å². The maximum absolute atomic E-state index is 13.0. The third-order valence-corrected chi connectivity index (χ3v) is 6.29. The van der Waals surface area contributed by atoms with Gasteiger partial charge in [0.1, 0.15) is 0 Å². The van der Waals surface area contributed by atoms with E-state index in [0.29, 0.717) is 23.6 Å². The number of benzene rings is 1. The first-order chi connectivity index (χ1) is 13.0. The van der Waals surface area contributed by atoms with Crippen LogP contribution in [-0.4, -0.2) is 35.7 Å². The molecule has 1 aliphatic carbocycles. The van der Waals surface area contributed by atoms with E-state index in [1.165, 1.54) is 4.90 Å². The lowest BCUT2D eigenvalue weighted by atomic mass is 9.78. The van der Waals surface area contributed by atoms with Crippen LogP contribution in [0.2, 0.25) is 0 Å². The maximum atomic E-state index is 13.0. The Kier molecular flexibility index (Phi) is 4.62. The van der Waals surface area contributed by atoms with Crippen LogP contribution in [0, 0.1) is 23.7 Å². The molecule has 1 aromatic rings. The molecule has 0 saturated carbocycles. The number of carbonyl (C=O) groups is 3. The van der Waals surface area contributed by atoms with E-state index in [1.807, 2.05) is 24.0 Å². The van der Waals surface area contributed by atoms with Gasteiger partial charge in [0.25, 0.3) is 5.91 Å². The molecule has 142 valence electrons. The fraction of sp³-hybridized carbons (Fsp3) is 0.500. The van der Waals surface area contributed by atoms with Crippen molar-refractivity contribution in [1.82, 2.24) is 4.90 Å². The van der Waals surface area contributed by atoms with E-state index < -0.39 is 0 Å². The Labute approximate surface area is 160 Å². The predicted octanol–water partition coefficient (Wildman–Crippen LogP) is 3.26. The monoisotopic (exact) mass is 366 g/mol. The van der Waals surface area contributed by atoms with Crippen molar-refractivity contribution in [2.75, 3.05) is 18.0 Å². The van der Waals surface area contributed by atoms with Gasteiger partial charge in [-0.2, -0.15) is 0 Å². The molecule has 2 fully saturated rings. The highest BCUT2D eigenvalue weighted by molar-refractivity contribution is 6.22. The molecule has 3 amide bonds. The van der Waals surface area contributed by atoms with E-state index in [1.54, 1.807) is 24.3 Å². The third-order valence-electron chi connectivity index (χ3n) is 6.29. The molecule has 4 rings (SSSR count). The lowest BCUT2D eigenvalue weighted by Gasteiger charge is -2.30. The molecule has 3 atom stereocenters. The molecule has 5 nitrogen and oxygen atoms in total. The van der Waals surface area contributed by atoms with Crippen LogP contribution < -0.4 is 4.90 Å². The topological polar surface area (TPSA) is 57.7 Å². The molecule has 0 spiro atoms. The van der Waals surface area contributed by atoms with E-state index in [2.05, 4.69) is 6.92 Å². The Bertz CT molecular complexity index is 808. The van der Waals surface area contributed by atoms with Crippen molar-refractivity contribution in [3.8, 4) is 0 Å². The zero-order chi connectivity index (χ0) is 19.1. The molecule has 0 aromatic heterocycles. The highest BCUT2D eigenvalue weighted by Gasteiger charge is 2.50. The first-order valence-electron chi connectivity index (χ1n) is 9.91. The Balaban J connectivity index is 1.58. The quantitative estimate of drug-likeness (QED) is 0.596. The van der Waals surface area contributed by atoms with Crippen LogP contribution in [0.3, 0.4) is 0 Å². The van der Waals surface area contributed by atoms with Crippen LogP contribution >= 0.6 is 0 Å². The highest BCUT2D eigenvalue weighted by atomic mass is 16.2. The van der Waals surface area contributed by atoms with Crippen LogP contribution in [0.5, 0.6) is 0 Å². The lowest BCUT2D eigenvalue weighted by molar-refractivity contribution is -0.122. The Morgan fingerprint density at radius 1 is 1.07 bits per heavy atom. The van der Waals surface area contributed by atoms with Gasteiger partial charge in [0.05, 0.1) is 17.5 Å². The smallest absolute Gasteiger partial charge is 0.253 e. The van der Waals surface area contributed by atoms with Gasteiger partial charge in [-0.25, -0.2) is 0 Å². The zero-order valence-corrected chi connectivity index (χ0v) is 15.9. The summed E-state index contributed by atoms with van der Waals surface area (Å²) in [5, 5.41) is 0. The number of likely N-dealkylation sites (tertiary alicyclic amines) is 1. The molecule has 2 saturated heterocycles. The lowest BCUT2D eigenvalue weighted by Crippen LogP contribution is -2.38. The summed E-state index contributed by atoms with van der Waals surface area (Å²) in [7, 11) is 0. The summed E-state index contributed by atoms with van der Waals surface area (Å²) in [6.07, 6.45) is 6.66. The summed E-state index contributed by atoms with van der Waals surface area (Å²) in [5.41, 5.74) is 1.06. The van der Waals surface area contributed by atoms with Crippen molar-refractivity contribution < 1.29 is 14.4 Å². The summed E-state index contributed by atoms with van der Waals surface area (Å²) < 4.78 is 0. The number of rotatable bonds is 2. The molecule has 0 radical (unpaired) electrons. The van der Waals surface area contributed by atoms with Crippen LogP contribution in [0.4, 0.5) is 5.69 Å². The van der Waals surface area contributed by atoms with Gasteiger partial charge >= 0.3 is 0 Å². The molecule has 27 heavy (non-hydrogen) atoms. The summed E-state index contributed by atoms with van der Waals surface area (Å²) >= 11 is 0. The molecular weight excluding hydrogens is 340 g/mol. The van der Waals surface area contributed by atoms with Gasteiger partial charge in [0.2, 0.25) is 11.8 Å². The van der Waals surface area contributed by atoms with Gasteiger partial charge < -0.3 is 4.90 Å². The van der Waals surface area contributed by atoms with Crippen LogP contribution in [-0.2, 0) is 9.59 Å². The number of fused-ring (bicyclic) bond motifs is 1. The highest BCUT2D eigenvalue weighted by Crippen LogP contribution is 2.40. The standard InChI is InChI=1S/C22H26N2O3/c1-14-9-11-23(12-10-14)20(25)16-6-4-7-17(13-16)24-21(26)18-8-3-5-15(2)19(18)22(24)27/h3-7,13-15,18-19H,8-12H2,1-2H3/t15-,18+,19-/m0/s1. The second-order valence-electron chi connectivity index (χ2n) is 8.19. The number of hydrogen-bond donors (Lipinski definition) is 0. The second kappa shape index (κ2) is 6.95. The molecule has 0 bridgehead atoms. The number of hydrogen-bond acceptors (Lipinski definition) is 3. The SMILES string of the molecule is CC1CCN(C(=O)c2cccc(N3C(=O)[C@H]4[C@@H](C)C=CC[C@H]4C3=O)c2)CC1. The van der Waals surface area contributed by atoms with E-state index in [9.17, 15) is 14.4 Å². The molecule has 2 heterocycles. The van der Waals surface area contributed by atoms with Crippen molar-refractivity contribution in [2.45, 2.75) is 33.1 Å². The predicted molar refractivity (Wildman–Crippen MR) is 103 cm³/mol. The Hall–Kier alpha value is -2.43. The van der Waals surface area contributed by atoms with Gasteiger partial charge in [-0.1, -0.05) is 32.1 Å². The second-order valence-corrected chi connectivity index (χ2v) is 8.19. The molecular formula is C22H26N2O3. The molecule has 2 aliphatic heterocycles. The van der Waals surface area contributed by atoms with E-state index in [-0.39, 0.29) is 35.5 Å². The number of amides is 3. The summed E-state index contributed by atoms with van der Waals surface area (Å²) in [6.45, 7) is 5.72. The Morgan fingerprint density at radius 3 is 2.52 bits per heavy atom. The summed E-state index contributed by atoms with van der Waals surface area (Å²) in [4.78, 5) is 41.9. The number of nitrogens with zero attached hydrogens (tertiary/aromatic N) is 2. The average Bonchev–Trinajstić information content (AvgIpc) is 2.93. The molecule has 5 heteroatoms. The molecule has 0 unspecified atom stereocenters. The third kappa shape index (κ3) is 3.09. The fourth-order valence-corrected chi connectivity index (χ4v) is 4.57. The fourth-order valence-electron chi connectivity index (χ4n) is 4.57. The van der Waals surface area contributed by atoms with Crippen molar-refractivity contribution in [1.29, 1.82) is 0 Å². The van der Waals surface area contributed by atoms with Crippen molar-refractivity contribution in [3.63, 3.8) is 0 Å². The number of carbonyl (C=O) groups excluding carboxylic acids is 3. The van der Waals surface area contributed by atoms with Gasteiger partial charge in [-0.3, -0.25) is 19.3 Å². The number of piperidine rings is 1. The van der Waals surface area contributed by atoms with Crippen LogP contribution in [0.1, 0.15) is 43.5 Å². The van der Waals surface area contributed by atoms with Gasteiger partial charge in [-0.15, -0.1) is 0 Å². The van der Waals surface area contributed by atoms with Crippen molar-refractivity contribution >= 4 is 23.4 Å². The minimum atomic E-state index is -0.287. The summed E-state index contributed by atoms with van der Waals surface area (Å²) in [5.74, 6) is -0.151. The summed E-state index contributed by atoms with van der Waals surface area (Å²) in [6, 6.07) is 6.98.